The second-order valence-electron chi connectivity index (χ2n) is 4.66. The average Bonchev–Trinajstić information content (AvgIpc) is 2.39. The van der Waals surface area contributed by atoms with Crippen LogP contribution in [0.15, 0.2) is 24.3 Å². The van der Waals surface area contributed by atoms with Gasteiger partial charge in [0, 0.05) is 11.9 Å². The van der Waals surface area contributed by atoms with Crippen molar-refractivity contribution in [3.8, 4) is 0 Å². The van der Waals surface area contributed by atoms with Crippen LogP contribution in [0.4, 0.5) is 5.82 Å². The van der Waals surface area contributed by atoms with E-state index in [0.29, 0.717) is 0 Å². The molecule has 1 N–H and O–H groups in total. The normalized spacial score (nSPS) is 10.8. The Morgan fingerprint density at radius 1 is 1.11 bits per heavy atom. The summed E-state index contributed by atoms with van der Waals surface area (Å²) in [6, 6.07) is 8.86. The van der Waals surface area contributed by atoms with Crippen LogP contribution in [-0.4, -0.2) is 11.5 Å². The summed E-state index contributed by atoms with van der Waals surface area (Å²) in [5.41, 5.74) is 3.80. The molecule has 0 spiro atoms. The molecule has 0 saturated heterocycles. The first-order valence-electron chi connectivity index (χ1n) is 6.94. The first-order valence-corrected chi connectivity index (χ1v) is 6.94. The summed E-state index contributed by atoms with van der Waals surface area (Å²) >= 11 is 0. The molecule has 0 aliphatic rings. The number of aromatic nitrogens is 1. The van der Waals surface area contributed by atoms with Gasteiger partial charge in [0.25, 0.3) is 0 Å². The topological polar surface area (TPSA) is 24.9 Å². The highest BCUT2D eigenvalue weighted by molar-refractivity contribution is 5.82. The van der Waals surface area contributed by atoms with Gasteiger partial charge >= 0.3 is 0 Å². The van der Waals surface area contributed by atoms with Crippen LogP contribution in [0.2, 0.25) is 0 Å². The summed E-state index contributed by atoms with van der Waals surface area (Å²) in [5, 5.41) is 4.63. The number of anilines is 1. The summed E-state index contributed by atoms with van der Waals surface area (Å²) in [4.78, 5) is 4.75. The molecular weight excluding hydrogens is 220 g/mol. The van der Waals surface area contributed by atoms with E-state index in [9.17, 15) is 0 Å². The monoisotopic (exact) mass is 242 g/mol. The number of aryl methyl sites for hydroxylation is 2. The van der Waals surface area contributed by atoms with Crippen molar-refractivity contribution in [1.29, 1.82) is 0 Å². The predicted octanol–water partition coefficient (Wildman–Crippen LogP) is 4.18. The molecule has 0 bridgehead atoms. The minimum Gasteiger partial charge on any atom is -0.370 e. The Morgan fingerprint density at radius 2 is 1.94 bits per heavy atom. The Kier molecular flexibility index (Phi) is 4.19. The fraction of sp³-hybridized carbons (Fsp3) is 0.438. The molecule has 0 fully saturated rings. The highest BCUT2D eigenvalue weighted by atomic mass is 15.0. The second kappa shape index (κ2) is 5.85. The highest BCUT2D eigenvalue weighted by Crippen LogP contribution is 2.23. The molecule has 0 atom stereocenters. The summed E-state index contributed by atoms with van der Waals surface area (Å²) in [5.74, 6) is 1.05. The molecule has 0 aliphatic heterocycles. The van der Waals surface area contributed by atoms with Crippen LogP contribution in [0.5, 0.6) is 0 Å². The first-order chi connectivity index (χ1) is 8.78. The minimum absolute atomic E-state index is 0.919. The van der Waals surface area contributed by atoms with Crippen molar-refractivity contribution in [2.24, 2.45) is 0 Å². The maximum atomic E-state index is 4.75. The van der Waals surface area contributed by atoms with Gasteiger partial charge in [0.2, 0.25) is 0 Å². The van der Waals surface area contributed by atoms with Crippen LogP contribution in [0.1, 0.15) is 38.3 Å². The van der Waals surface area contributed by atoms with E-state index in [-0.39, 0.29) is 0 Å². The molecule has 18 heavy (non-hydrogen) atoms. The Hall–Kier alpha value is -1.57. The van der Waals surface area contributed by atoms with Gasteiger partial charge in [-0.15, -0.1) is 0 Å². The zero-order valence-electron chi connectivity index (χ0n) is 11.6. The molecule has 2 rings (SSSR count). The zero-order chi connectivity index (χ0) is 13.0. The van der Waals surface area contributed by atoms with Gasteiger partial charge in [0.1, 0.15) is 5.82 Å². The Balaban J connectivity index is 2.52. The third-order valence-corrected chi connectivity index (χ3v) is 3.23. The van der Waals surface area contributed by atoms with Crippen LogP contribution in [0.3, 0.4) is 0 Å². The van der Waals surface area contributed by atoms with E-state index in [1.807, 2.05) is 0 Å². The molecule has 96 valence electrons. The lowest BCUT2D eigenvalue weighted by Gasteiger charge is -2.11. The quantitative estimate of drug-likeness (QED) is 0.850. The maximum absolute atomic E-state index is 4.75. The molecule has 0 saturated carbocycles. The number of hydrogen-bond acceptors (Lipinski definition) is 2. The van der Waals surface area contributed by atoms with E-state index >= 15 is 0 Å². The fourth-order valence-corrected chi connectivity index (χ4v) is 2.27. The van der Waals surface area contributed by atoms with Crippen LogP contribution >= 0.6 is 0 Å². The van der Waals surface area contributed by atoms with Crippen LogP contribution in [-0.2, 0) is 12.8 Å². The molecule has 1 heterocycles. The third kappa shape index (κ3) is 2.63. The van der Waals surface area contributed by atoms with E-state index in [1.54, 1.807) is 0 Å². The molecule has 0 aliphatic carbocycles. The molecule has 1 aromatic heterocycles. The molecule has 0 unspecified atom stereocenters. The summed E-state index contributed by atoms with van der Waals surface area (Å²) in [7, 11) is 0. The van der Waals surface area contributed by atoms with Crippen LogP contribution in [0, 0.1) is 0 Å². The van der Waals surface area contributed by atoms with E-state index in [4.69, 9.17) is 4.98 Å². The SMILES string of the molecule is CCCc1cc2cc(CC)ccc2nc1NCC. The average molecular weight is 242 g/mol. The molecule has 2 nitrogen and oxygen atoms in total. The van der Waals surface area contributed by atoms with E-state index < -0.39 is 0 Å². The van der Waals surface area contributed by atoms with E-state index in [2.05, 4.69) is 50.4 Å². The lowest BCUT2D eigenvalue weighted by Crippen LogP contribution is -2.04. The Labute approximate surface area is 109 Å². The van der Waals surface area contributed by atoms with E-state index in [0.717, 1.165) is 37.1 Å². The van der Waals surface area contributed by atoms with Crippen molar-refractivity contribution < 1.29 is 0 Å². The van der Waals surface area contributed by atoms with Crippen LogP contribution < -0.4 is 5.32 Å². The maximum Gasteiger partial charge on any atom is 0.129 e. The smallest absolute Gasteiger partial charge is 0.129 e. The molecular formula is C16H22N2. The lowest BCUT2D eigenvalue weighted by atomic mass is 10.0. The number of nitrogens with one attached hydrogen (secondary N) is 1. The van der Waals surface area contributed by atoms with Gasteiger partial charge in [0.15, 0.2) is 0 Å². The summed E-state index contributed by atoms with van der Waals surface area (Å²) < 4.78 is 0. The van der Waals surface area contributed by atoms with Gasteiger partial charge in [0.05, 0.1) is 5.52 Å². The summed E-state index contributed by atoms with van der Waals surface area (Å²) in [6.45, 7) is 7.43. The van der Waals surface area contributed by atoms with Crippen molar-refractivity contribution in [3.63, 3.8) is 0 Å². The van der Waals surface area contributed by atoms with Gasteiger partial charge in [-0.2, -0.15) is 0 Å². The van der Waals surface area contributed by atoms with Gasteiger partial charge in [-0.25, -0.2) is 4.98 Å². The Morgan fingerprint density at radius 3 is 2.61 bits per heavy atom. The van der Waals surface area contributed by atoms with Crippen molar-refractivity contribution in [2.75, 3.05) is 11.9 Å². The van der Waals surface area contributed by atoms with Gasteiger partial charge in [-0.05, 0) is 49.1 Å². The number of pyridine rings is 1. The van der Waals surface area contributed by atoms with E-state index in [1.165, 1.54) is 16.5 Å². The molecule has 2 heteroatoms. The van der Waals surface area contributed by atoms with Gasteiger partial charge in [-0.3, -0.25) is 0 Å². The molecule has 2 aromatic rings. The highest BCUT2D eigenvalue weighted by Gasteiger charge is 2.06. The van der Waals surface area contributed by atoms with Crippen LogP contribution in [0.25, 0.3) is 10.9 Å². The lowest BCUT2D eigenvalue weighted by molar-refractivity contribution is 0.916. The molecule has 0 radical (unpaired) electrons. The number of hydrogen-bond donors (Lipinski definition) is 1. The molecule has 1 aromatic carbocycles. The Bertz CT molecular complexity index is 532. The minimum atomic E-state index is 0.919. The fourth-order valence-electron chi connectivity index (χ4n) is 2.27. The van der Waals surface area contributed by atoms with Gasteiger partial charge in [-0.1, -0.05) is 26.3 Å². The number of rotatable bonds is 5. The third-order valence-electron chi connectivity index (χ3n) is 3.23. The largest absolute Gasteiger partial charge is 0.370 e. The van der Waals surface area contributed by atoms with Crippen molar-refractivity contribution in [3.05, 3.63) is 35.4 Å². The van der Waals surface area contributed by atoms with Crippen molar-refractivity contribution in [2.45, 2.75) is 40.0 Å². The predicted molar refractivity (Wildman–Crippen MR) is 79.3 cm³/mol. The number of nitrogens with zero attached hydrogens (tertiary/aromatic N) is 1. The van der Waals surface area contributed by atoms with Crippen molar-refractivity contribution in [1.82, 2.24) is 4.98 Å². The van der Waals surface area contributed by atoms with Crippen molar-refractivity contribution >= 4 is 16.7 Å². The summed E-state index contributed by atoms with van der Waals surface area (Å²) in [6.07, 6.45) is 3.31. The zero-order valence-corrected chi connectivity index (χ0v) is 11.6. The second-order valence-corrected chi connectivity index (χ2v) is 4.66. The van der Waals surface area contributed by atoms with Gasteiger partial charge < -0.3 is 5.32 Å². The first kappa shape index (κ1) is 12.9. The number of fused-ring (bicyclic) bond motifs is 1. The standard InChI is InChI=1S/C16H22N2/c1-4-7-13-11-14-10-12(5-2)8-9-15(14)18-16(13)17-6-3/h8-11H,4-7H2,1-3H3,(H,17,18). The molecule has 0 amide bonds. The number of benzene rings is 1.